The Kier molecular flexibility index (Phi) is 7.36. The zero-order valence-corrected chi connectivity index (χ0v) is 17.6. The van der Waals surface area contributed by atoms with Gasteiger partial charge in [0.05, 0.1) is 13.1 Å². The van der Waals surface area contributed by atoms with Crippen LogP contribution in [0.5, 0.6) is 0 Å². The molecular formula is C23H31N3S. The molecule has 0 radical (unpaired) electrons. The summed E-state index contributed by atoms with van der Waals surface area (Å²) in [6, 6.07) is 17.4. The van der Waals surface area contributed by atoms with Gasteiger partial charge >= 0.3 is 0 Å². The van der Waals surface area contributed by atoms with Crippen LogP contribution >= 0.6 is 11.8 Å². The lowest BCUT2D eigenvalue weighted by molar-refractivity contribution is 0.305. The first-order chi connectivity index (χ1) is 13.2. The first-order valence-electron chi connectivity index (χ1n) is 10.0. The van der Waals surface area contributed by atoms with E-state index in [-0.39, 0.29) is 0 Å². The number of fused-ring (bicyclic) bond motifs is 1. The average Bonchev–Trinajstić information content (AvgIpc) is 2.88. The van der Waals surface area contributed by atoms with Crippen molar-refractivity contribution >= 4 is 22.6 Å². The Labute approximate surface area is 168 Å². The molecule has 0 N–H and O–H groups in total. The first kappa shape index (κ1) is 20.0. The van der Waals surface area contributed by atoms with Crippen molar-refractivity contribution in [3.8, 4) is 0 Å². The molecule has 2 aromatic rings. The summed E-state index contributed by atoms with van der Waals surface area (Å²) in [5.74, 6) is 1.11. The average molecular weight is 382 g/mol. The minimum Gasteiger partial charge on any atom is -0.317 e. The molecule has 0 aliphatic carbocycles. The molecule has 0 amide bonds. The van der Waals surface area contributed by atoms with Gasteiger partial charge in [-0.2, -0.15) is 0 Å². The number of nitrogens with zero attached hydrogens (tertiary/aromatic N) is 3. The zero-order chi connectivity index (χ0) is 19.1. The fraction of sp³-hybridized carbons (Fsp3) is 0.435. The van der Waals surface area contributed by atoms with Gasteiger partial charge in [-0.25, -0.2) is 0 Å². The molecule has 3 rings (SSSR count). The summed E-state index contributed by atoms with van der Waals surface area (Å²) in [5.41, 5.74) is 5.29. The van der Waals surface area contributed by atoms with Crippen LogP contribution in [0.1, 0.15) is 37.0 Å². The number of anilines is 1. The fourth-order valence-electron chi connectivity index (χ4n) is 3.51. The van der Waals surface area contributed by atoms with Gasteiger partial charge in [-0.3, -0.25) is 4.99 Å². The summed E-state index contributed by atoms with van der Waals surface area (Å²) in [4.78, 5) is 9.91. The number of hydrogen-bond acceptors (Lipinski definition) is 4. The van der Waals surface area contributed by atoms with Crippen molar-refractivity contribution < 1.29 is 0 Å². The highest BCUT2D eigenvalue weighted by Crippen LogP contribution is 2.29. The highest BCUT2D eigenvalue weighted by Gasteiger charge is 2.20. The Balaban J connectivity index is 1.77. The molecule has 4 heteroatoms. The van der Waals surface area contributed by atoms with Crippen LogP contribution in [0.15, 0.2) is 53.5 Å². The number of aliphatic imine (C=N–C) groups is 1. The predicted octanol–water partition coefficient (Wildman–Crippen LogP) is 5.34. The third-order valence-electron chi connectivity index (χ3n) is 5.21. The van der Waals surface area contributed by atoms with Crippen molar-refractivity contribution in [2.24, 2.45) is 4.99 Å². The maximum Gasteiger partial charge on any atom is 0.164 e. The summed E-state index contributed by atoms with van der Waals surface area (Å²) in [7, 11) is 0. The highest BCUT2D eigenvalue weighted by atomic mass is 32.2. The Hall–Kier alpha value is -1.78. The molecule has 0 aromatic heterocycles. The molecular weight excluding hydrogens is 350 g/mol. The van der Waals surface area contributed by atoms with E-state index in [0.29, 0.717) is 0 Å². The molecule has 0 atom stereocenters. The van der Waals surface area contributed by atoms with Crippen LogP contribution in [0.25, 0.3) is 0 Å². The number of para-hydroxylation sites is 1. The number of amidine groups is 1. The molecule has 0 unspecified atom stereocenters. The van der Waals surface area contributed by atoms with E-state index in [2.05, 4.69) is 79.1 Å². The number of aryl methyl sites for hydroxylation is 1. The van der Waals surface area contributed by atoms with Gasteiger partial charge in [0.2, 0.25) is 0 Å². The second-order valence-electron chi connectivity index (χ2n) is 6.97. The Morgan fingerprint density at radius 2 is 1.70 bits per heavy atom. The summed E-state index contributed by atoms with van der Waals surface area (Å²) < 4.78 is 0. The predicted molar refractivity (Wildman–Crippen MR) is 120 cm³/mol. The summed E-state index contributed by atoms with van der Waals surface area (Å²) in [6.45, 7) is 11.8. The van der Waals surface area contributed by atoms with Crippen molar-refractivity contribution in [3.63, 3.8) is 0 Å². The molecule has 144 valence electrons. The normalized spacial score (nSPS) is 14.1. The van der Waals surface area contributed by atoms with E-state index in [1.165, 1.54) is 28.8 Å². The quantitative estimate of drug-likeness (QED) is 0.604. The summed E-state index contributed by atoms with van der Waals surface area (Å²) >= 11 is 1.91. The van der Waals surface area contributed by atoms with Gasteiger partial charge in [0.25, 0.3) is 0 Å². The van der Waals surface area contributed by atoms with Crippen LogP contribution in [0.4, 0.5) is 5.69 Å². The molecule has 0 fully saturated rings. The van der Waals surface area contributed by atoms with Gasteiger partial charge in [0.1, 0.15) is 0 Å². The van der Waals surface area contributed by atoms with Gasteiger partial charge in [-0.1, -0.05) is 68.1 Å². The van der Waals surface area contributed by atoms with Gasteiger partial charge in [-0.05, 0) is 55.7 Å². The molecule has 2 aromatic carbocycles. The van der Waals surface area contributed by atoms with E-state index in [1.807, 2.05) is 11.8 Å². The standard InChI is InChI=1S/C23H31N3S/c1-4-25(5-2)15-10-16-27-23-24-17-20-12-7-8-13-21(20)18-26(23)22-14-9-6-11-19(22)3/h6-9,11-14H,4-5,10,15-18H2,1-3H3. The molecule has 3 nitrogen and oxygen atoms in total. The van der Waals surface area contributed by atoms with Crippen LogP contribution in [0, 0.1) is 6.92 Å². The number of thioether (sulfide) groups is 1. The molecule has 0 saturated carbocycles. The molecule has 1 aliphatic heterocycles. The largest absolute Gasteiger partial charge is 0.317 e. The van der Waals surface area contributed by atoms with Gasteiger partial charge in [-0.15, -0.1) is 0 Å². The monoisotopic (exact) mass is 381 g/mol. The summed E-state index contributed by atoms with van der Waals surface area (Å²) in [5, 5.41) is 1.15. The van der Waals surface area contributed by atoms with E-state index in [1.54, 1.807) is 0 Å². The second kappa shape index (κ2) is 9.95. The fourth-order valence-corrected chi connectivity index (χ4v) is 4.44. The molecule has 0 bridgehead atoms. The Morgan fingerprint density at radius 1 is 1.00 bits per heavy atom. The second-order valence-corrected chi connectivity index (χ2v) is 8.03. The topological polar surface area (TPSA) is 18.8 Å². The maximum atomic E-state index is 5.01. The van der Waals surface area contributed by atoms with E-state index in [9.17, 15) is 0 Å². The van der Waals surface area contributed by atoms with Crippen molar-refractivity contribution in [3.05, 3.63) is 65.2 Å². The third-order valence-corrected chi connectivity index (χ3v) is 6.31. The smallest absolute Gasteiger partial charge is 0.164 e. The van der Waals surface area contributed by atoms with Gasteiger partial charge in [0.15, 0.2) is 5.17 Å². The van der Waals surface area contributed by atoms with Crippen LogP contribution in [-0.2, 0) is 13.1 Å². The van der Waals surface area contributed by atoms with Crippen molar-refractivity contribution in [1.29, 1.82) is 0 Å². The number of rotatable bonds is 7. The Bertz CT molecular complexity index is 768. The van der Waals surface area contributed by atoms with E-state index in [4.69, 9.17) is 4.99 Å². The van der Waals surface area contributed by atoms with E-state index in [0.717, 1.165) is 43.6 Å². The number of hydrogen-bond donors (Lipinski definition) is 0. The van der Waals surface area contributed by atoms with Crippen LogP contribution in [-0.4, -0.2) is 35.5 Å². The number of benzene rings is 2. The lowest BCUT2D eigenvalue weighted by Gasteiger charge is -2.26. The first-order valence-corrected chi connectivity index (χ1v) is 11.0. The summed E-state index contributed by atoms with van der Waals surface area (Å²) in [6.07, 6.45) is 1.19. The van der Waals surface area contributed by atoms with Crippen molar-refractivity contribution in [2.75, 3.05) is 30.3 Å². The minimum atomic E-state index is 0.775. The highest BCUT2D eigenvalue weighted by molar-refractivity contribution is 8.14. The maximum absolute atomic E-state index is 5.01. The lowest BCUT2D eigenvalue weighted by atomic mass is 10.1. The van der Waals surface area contributed by atoms with Crippen LogP contribution in [0.2, 0.25) is 0 Å². The lowest BCUT2D eigenvalue weighted by Crippen LogP contribution is -2.29. The van der Waals surface area contributed by atoms with Crippen LogP contribution < -0.4 is 4.90 Å². The van der Waals surface area contributed by atoms with Crippen molar-refractivity contribution in [2.45, 2.75) is 40.3 Å². The molecule has 1 aliphatic rings. The third kappa shape index (κ3) is 5.14. The van der Waals surface area contributed by atoms with Crippen molar-refractivity contribution in [1.82, 2.24) is 4.90 Å². The van der Waals surface area contributed by atoms with E-state index < -0.39 is 0 Å². The zero-order valence-electron chi connectivity index (χ0n) is 16.8. The molecule has 0 spiro atoms. The van der Waals surface area contributed by atoms with Gasteiger partial charge < -0.3 is 9.80 Å². The minimum absolute atomic E-state index is 0.775. The molecule has 1 heterocycles. The SMILES string of the molecule is CCN(CC)CCCSC1=NCc2ccccc2CN1c1ccccc1C. The van der Waals surface area contributed by atoms with Crippen LogP contribution in [0.3, 0.4) is 0 Å². The van der Waals surface area contributed by atoms with E-state index >= 15 is 0 Å². The molecule has 27 heavy (non-hydrogen) atoms. The molecule has 0 saturated heterocycles. The Morgan fingerprint density at radius 3 is 2.44 bits per heavy atom. The van der Waals surface area contributed by atoms with Gasteiger partial charge in [0, 0.05) is 11.4 Å².